The van der Waals surface area contributed by atoms with Gasteiger partial charge in [-0.15, -0.1) is 0 Å². The van der Waals surface area contributed by atoms with Crippen LogP contribution in [0, 0.1) is 5.41 Å². The minimum Gasteiger partial charge on any atom is -0.497 e. The number of allylic oxidation sites excluding steroid dienone is 1. The summed E-state index contributed by atoms with van der Waals surface area (Å²) in [6.45, 7) is 12.3. The highest BCUT2D eigenvalue weighted by Gasteiger charge is 2.37. The second-order valence-electron chi connectivity index (χ2n) is 11.9. The first-order chi connectivity index (χ1) is 19.2. The van der Waals surface area contributed by atoms with E-state index >= 15 is 0 Å². The molecule has 1 spiro atoms. The van der Waals surface area contributed by atoms with E-state index in [9.17, 15) is 4.79 Å². The molecule has 0 N–H and O–H groups in total. The largest absolute Gasteiger partial charge is 0.497 e. The number of nitrogens with zero attached hydrogens (tertiary/aromatic N) is 5. The Morgan fingerprint density at radius 3 is 2.48 bits per heavy atom. The highest BCUT2D eigenvalue weighted by atomic mass is 16.6. The molecular weight excluding hydrogens is 502 g/mol. The van der Waals surface area contributed by atoms with E-state index in [1.54, 1.807) is 19.5 Å². The van der Waals surface area contributed by atoms with Crippen LogP contribution in [0.1, 0.15) is 52.9 Å². The minimum absolute atomic E-state index is 0.0792. The summed E-state index contributed by atoms with van der Waals surface area (Å²) in [5.74, 6) is 1.60. The molecule has 2 aromatic heterocycles. The van der Waals surface area contributed by atoms with E-state index in [2.05, 4.69) is 17.6 Å². The normalized spacial score (nSPS) is 17.4. The topological polar surface area (TPSA) is 81.8 Å². The number of carbonyl (C=O) groups excluding carboxylic acids is 1. The number of rotatable bonds is 3. The zero-order valence-electron chi connectivity index (χ0n) is 24.0. The first kappa shape index (κ1) is 27.6. The van der Waals surface area contributed by atoms with Crippen molar-refractivity contribution in [1.29, 1.82) is 0 Å². The molecule has 0 bridgehead atoms. The predicted octanol–water partition coefficient (Wildman–Crippen LogP) is 7.08. The van der Waals surface area contributed by atoms with Gasteiger partial charge in [-0.3, -0.25) is 4.98 Å². The molecule has 210 valence electrons. The number of pyridine rings is 1. The Morgan fingerprint density at radius 2 is 1.77 bits per heavy atom. The molecule has 8 heteroatoms. The predicted molar refractivity (Wildman–Crippen MR) is 158 cm³/mol. The molecule has 1 fully saturated rings. The second kappa shape index (κ2) is 11.3. The first-order valence-corrected chi connectivity index (χ1v) is 14.0. The number of aromatic nitrogens is 3. The van der Waals surface area contributed by atoms with Crippen LogP contribution in [0.4, 0.5) is 10.6 Å². The number of methoxy groups -OCH3 is 1. The van der Waals surface area contributed by atoms with Gasteiger partial charge >= 0.3 is 6.09 Å². The Hall–Kier alpha value is -3.94. The maximum Gasteiger partial charge on any atom is 0.410 e. The Balaban J connectivity index is 1.44. The third kappa shape index (κ3) is 6.11. The van der Waals surface area contributed by atoms with Gasteiger partial charge in [0.2, 0.25) is 0 Å². The second-order valence-corrected chi connectivity index (χ2v) is 11.9. The van der Waals surface area contributed by atoms with Gasteiger partial charge in [-0.2, -0.15) is 5.10 Å². The molecular formula is C32H39N5O3. The Labute approximate surface area is 236 Å². The number of ether oxygens (including phenoxy) is 2. The minimum atomic E-state index is -0.492. The van der Waals surface area contributed by atoms with E-state index in [0.717, 1.165) is 78.2 Å². The lowest BCUT2D eigenvalue weighted by molar-refractivity contribution is 0.00863. The molecule has 0 radical (unpaired) electrons. The molecule has 0 atom stereocenters. The number of hydrogen-bond acceptors (Lipinski definition) is 6. The number of carbonyl (C=O) groups is 1. The maximum absolute atomic E-state index is 12.7. The lowest BCUT2D eigenvalue weighted by Gasteiger charge is -2.42. The van der Waals surface area contributed by atoms with Gasteiger partial charge in [-0.1, -0.05) is 18.7 Å². The van der Waals surface area contributed by atoms with E-state index in [0.29, 0.717) is 13.1 Å². The van der Waals surface area contributed by atoms with Gasteiger partial charge < -0.3 is 14.4 Å². The summed E-state index contributed by atoms with van der Waals surface area (Å²) < 4.78 is 13.2. The maximum atomic E-state index is 12.7. The Morgan fingerprint density at radius 1 is 1.02 bits per heavy atom. The van der Waals surface area contributed by atoms with Crippen molar-refractivity contribution in [2.24, 2.45) is 10.4 Å². The molecule has 0 aliphatic carbocycles. The van der Waals surface area contributed by atoms with E-state index in [1.807, 2.05) is 66.9 Å². The van der Waals surface area contributed by atoms with Gasteiger partial charge in [-0.25, -0.2) is 14.5 Å². The molecule has 2 aliphatic heterocycles. The highest BCUT2D eigenvalue weighted by molar-refractivity contribution is 5.91. The number of aliphatic imine (C=N–C) groups is 1. The number of benzene rings is 1. The average Bonchev–Trinajstić information content (AvgIpc) is 3.30. The lowest BCUT2D eigenvalue weighted by Crippen LogP contribution is -2.45. The van der Waals surface area contributed by atoms with Gasteiger partial charge in [-0.05, 0) is 93.7 Å². The molecule has 0 saturated carbocycles. The Kier molecular flexibility index (Phi) is 7.79. The smallest absolute Gasteiger partial charge is 0.410 e. The van der Waals surface area contributed by atoms with E-state index < -0.39 is 5.60 Å². The standard InChI is InChI=1S/C32H39N5O3/c1-23-21-32(13-18-36(19-14-32)30(38)40-31(2,3)4)12-7-17-37-29(34-22-23)27(25-8-6-9-26(20-25)39-5)28(35-37)24-10-15-33-16-11-24/h6,8-11,15-16,20,22H,1,7,12-14,17-19,21H2,2-5H3. The van der Waals surface area contributed by atoms with Gasteiger partial charge in [0, 0.05) is 43.8 Å². The first-order valence-electron chi connectivity index (χ1n) is 14.0. The quantitative estimate of drug-likeness (QED) is 0.354. The van der Waals surface area contributed by atoms with Crippen molar-refractivity contribution in [2.75, 3.05) is 20.2 Å². The Bertz CT molecular complexity index is 1400. The van der Waals surface area contributed by atoms with E-state index in [-0.39, 0.29) is 11.5 Å². The van der Waals surface area contributed by atoms with Crippen LogP contribution in [0.15, 0.2) is 65.9 Å². The molecule has 2 aliphatic rings. The van der Waals surface area contributed by atoms with Crippen LogP contribution in [-0.4, -0.2) is 57.8 Å². The molecule has 0 unspecified atom stereocenters. The van der Waals surface area contributed by atoms with Crippen molar-refractivity contribution in [2.45, 2.75) is 65.0 Å². The van der Waals surface area contributed by atoms with Crippen molar-refractivity contribution in [1.82, 2.24) is 19.7 Å². The zero-order valence-corrected chi connectivity index (χ0v) is 24.0. The van der Waals surface area contributed by atoms with Crippen LogP contribution in [0.5, 0.6) is 5.75 Å². The van der Waals surface area contributed by atoms with Gasteiger partial charge in [0.05, 0.1) is 12.7 Å². The molecule has 1 amide bonds. The molecule has 5 rings (SSSR count). The lowest BCUT2D eigenvalue weighted by atomic mass is 9.71. The molecule has 4 heterocycles. The molecule has 3 aromatic rings. The van der Waals surface area contributed by atoms with Crippen molar-refractivity contribution in [3.8, 4) is 28.1 Å². The third-order valence-corrected chi connectivity index (χ3v) is 7.76. The summed E-state index contributed by atoms with van der Waals surface area (Å²) in [5.41, 5.74) is 4.40. The van der Waals surface area contributed by atoms with Crippen LogP contribution >= 0.6 is 0 Å². The molecule has 8 nitrogen and oxygen atoms in total. The van der Waals surface area contributed by atoms with Crippen molar-refractivity contribution < 1.29 is 14.3 Å². The van der Waals surface area contributed by atoms with Crippen molar-refractivity contribution in [3.63, 3.8) is 0 Å². The van der Waals surface area contributed by atoms with Crippen LogP contribution in [-0.2, 0) is 11.3 Å². The van der Waals surface area contributed by atoms with Crippen molar-refractivity contribution in [3.05, 3.63) is 60.9 Å². The summed E-state index contributed by atoms with van der Waals surface area (Å²) in [5, 5.41) is 5.09. The zero-order chi connectivity index (χ0) is 28.3. The third-order valence-electron chi connectivity index (χ3n) is 7.76. The fourth-order valence-electron chi connectivity index (χ4n) is 5.79. The van der Waals surface area contributed by atoms with Crippen molar-refractivity contribution >= 4 is 18.1 Å². The molecule has 40 heavy (non-hydrogen) atoms. The van der Waals surface area contributed by atoms with Gasteiger partial charge in [0.15, 0.2) is 5.82 Å². The van der Waals surface area contributed by atoms with Crippen LogP contribution in [0.2, 0.25) is 0 Å². The molecule has 1 saturated heterocycles. The number of piperidine rings is 1. The fraction of sp³-hybridized carbons (Fsp3) is 0.438. The summed E-state index contributed by atoms with van der Waals surface area (Å²) in [4.78, 5) is 23.7. The number of fused-ring (bicyclic) bond motifs is 1. The van der Waals surface area contributed by atoms with E-state index in [4.69, 9.17) is 19.6 Å². The van der Waals surface area contributed by atoms with Crippen LogP contribution in [0.25, 0.3) is 22.4 Å². The number of hydrogen-bond donors (Lipinski definition) is 0. The number of amides is 1. The van der Waals surface area contributed by atoms with Gasteiger partial charge in [0.1, 0.15) is 17.0 Å². The summed E-state index contributed by atoms with van der Waals surface area (Å²) in [7, 11) is 1.68. The number of aryl methyl sites for hydroxylation is 1. The monoisotopic (exact) mass is 541 g/mol. The van der Waals surface area contributed by atoms with Gasteiger partial charge in [0.25, 0.3) is 0 Å². The van der Waals surface area contributed by atoms with E-state index in [1.165, 1.54) is 0 Å². The highest BCUT2D eigenvalue weighted by Crippen LogP contribution is 2.44. The van der Waals surface area contributed by atoms with Crippen LogP contribution in [0.3, 0.4) is 0 Å². The SMILES string of the molecule is C=C1C=Nc2c(-c3cccc(OC)c3)c(-c3ccncc3)nn2CCCC2(CCN(C(=O)OC(C)(C)C)CC2)C1. The average molecular weight is 542 g/mol. The fourth-order valence-corrected chi connectivity index (χ4v) is 5.79. The number of likely N-dealkylation sites (tertiary alicyclic amines) is 1. The molecule has 1 aromatic carbocycles. The summed E-state index contributed by atoms with van der Waals surface area (Å²) in [6, 6.07) is 12.0. The summed E-state index contributed by atoms with van der Waals surface area (Å²) >= 11 is 0. The summed E-state index contributed by atoms with van der Waals surface area (Å²) in [6.07, 6.45) is 9.94. The van der Waals surface area contributed by atoms with Crippen LogP contribution < -0.4 is 4.74 Å².